The van der Waals surface area contributed by atoms with Crippen molar-refractivity contribution in [2.75, 3.05) is 13.2 Å². The smallest absolute Gasteiger partial charge is 0.306 e. The minimum Gasteiger partial charge on any atom is -0.462 e. The first-order valence-electron chi connectivity index (χ1n) is 35.5. The highest BCUT2D eigenvalue weighted by molar-refractivity contribution is 5.71. The van der Waals surface area contributed by atoms with Gasteiger partial charge in [0.2, 0.25) is 0 Å². The third kappa shape index (κ3) is 66.3. The molecule has 0 amide bonds. The first-order chi connectivity index (χ1) is 39.0. The maximum Gasteiger partial charge on any atom is 0.306 e. The van der Waals surface area contributed by atoms with Gasteiger partial charge in [0.05, 0.1) is 0 Å². The Balaban J connectivity index is 4.12. The maximum absolute atomic E-state index is 12.9. The van der Waals surface area contributed by atoms with Gasteiger partial charge in [0, 0.05) is 19.3 Å². The molecular formula is C73H136O6. The minimum atomic E-state index is -0.772. The van der Waals surface area contributed by atoms with Gasteiger partial charge in [0.25, 0.3) is 0 Å². The molecule has 0 aliphatic rings. The number of carbonyl (C=O) groups excluding carboxylic acids is 3. The van der Waals surface area contributed by atoms with Gasteiger partial charge in [-0.05, 0) is 77.0 Å². The standard InChI is InChI=1S/C73H136O6/c1-4-7-10-13-16-19-22-25-27-29-31-32-33-34-35-36-37-38-39-40-41-42-43-45-46-48-51-54-57-60-63-66-72(75)78-69-70(68-77-71(74)65-62-59-56-53-50-24-21-18-15-12-9-6-3)79-73(76)67-64-61-58-55-52-49-47-44-30-28-26-23-20-17-14-11-8-5-2/h18,21-22,25,29,31,70H,4-17,19-20,23-24,26-28,30,32-69H2,1-3H3/b21-18-,25-22-,31-29-. The highest BCUT2D eigenvalue weighted by atomic mass is 16.6. The van der Waals surface area contributed by atoms with E-state index in [2.05, 4.69) is 57.2 Å². The van der Waals surface area contributed by atoms with E-state index in [0.29, 0.717) is 19.3 Å². The summed E-state index contributed by atoms with van der Waals surface area (Å²) in [6.45, 7) is 6.67. The number of allylic oxidation sites excluding steroid dienone is 6. The van der Waals surface area contributed by atoms with E-state index in [4.69, 9.17) is 14.2 Å². The van der Waals surface area contributed by atoms with Crippen molar-refractivity contribution in [1.82, 2.24) is 0 Å². The third-order valence-electron chi connectivity index (χ3n) is 16.1. The molecule has 0 bridgehead atoms. The van der Waals surface area contributed by atoms with Crippen molar-refractivity contribution in [3.8, 4) is 0 Å². The van der Waals surface area contributed by atoms with E-state index < -0.39 is 6.10 Å². The van der Waals surface area contributed by atoms with E-state index in [1.807, 2.05) is 0 Å². The molecule has 0 aliphatic carbocycles. The highest BCUT2D eigenvalue weighted by Gasteiger charge is 2.19. The maximum atomic E-state index is 12.9. The summed E-state index contributed by atoms with van der Waals surface area (Å²) in [4.78, 5) is 38.3. The third-order valence-corrected chi connectivity index (χ3v) is 16.1. The molecule has 0 rings (SSSR count). The molecular weight excluding hydrogens is 973 g/mol. The van der Waals surface area contributed by atoms with Gasteiger partial charge in [-0.25, -0.2) is 0 Å². The summed E-state index contributed by atoms with van der Waals surface area (Å²) < 4.78 is 17.0. The van der Waals surface area contributed by atoms with Gasteiger partial charge in [-0.1, -0.05) is 333 Å². The quantitative estimate of drug-likeness (QED) is 0.0261. The van der Waals surface area contributed by atoms with Crippen LogP contribution in [0.4, 0.5) is 0 Å². The van der Waals surface area contributed by atoms with Crippen molar-refractivity contribution < 1.29 is 28.6 Å². The molecule has 0 aromatic carbocycles. The Morgan fingerprint density at radius 3 is 0.734 bits per heavy atom. The zero-order chi connectivity index (χ0) is 57.1. The molecule has 464 valence electrons. The predicted molar refractivity (Wildman–Crippen MR) is 344 cm³/mol. The summed E-state index contributed by atoms with van der Waals surface area (Å²) in [5, 5.41) is 0. The van der Waals surface area contributed by atoms with Crippen molar-refractivity contribution in [2.24, 2.45) is 0 Å². The van der Waals surface area contributed by atoms with Crippen LogP contribution in [0.15, 0.2) is 36.5 Å². The molecule has 0 saturated heterocycles. The van der Waals surface area contributed by atoms with E-state index in [1.165, 1.54) is 283 Å². The summed E-state index contributed by atoms with van der Waals surface area (Å²) in [7, 11) is 0. The minimum absolute atomic E-state index is 0.0686. The fourth-order valence-electron chi connectivity index (χ4n) is 10.8. The molecule has 0 radical (unpaired) electrons. The Kier molecular flexibility index (Phi) is 66.1. The average Bonchev–Trinajstić information content (AvgIpc) is 3.45. The van der Waals surface area contributed by atoms with Crippen LogP contribution in [0.5, 0.6) is 0 Å². The summed E-state index contributed by atoms with van der Waals surface area (Å²) in [5.74, 6) is -0.849. The van der Waals surface area contributed by atoms with E-state index in [1.54, 1.807) is 0 Å². The van der Waals surface area contributed by atoms with Crippen LogP contribution in [0, 0.1) is 0 Å². The normalized spacial score (nSPS) is 12.2. The first-order valence-corrected chi connectivity index (χ1v) is 35.5. The summed E-state index contributed by atoms with van der Waals surface area (Å²) in [6.07, 6.45) is 84.7. The van der Waals surface area contributed by atoms with E-state index in [0.717, 1.165) is 70.6 Å². The fourth-order valence-corrected chi connectivity index (χ4v) is 10.8. The van der Waals surface area contributed by atoms with Crippen LogP contribution in [0.2, 0.25) is 0 Å². The second-order valence-electron chi connectivity index (χ2n) is 24.1. The number of hydrogen-bond acceptors (Lipinski definition) is 6. The van der Waals surface area contributed by atoms with Gasteiger partial charge in [0.1, 0.15) is 13.2 Å². The molecule has 6 heteroatoms. The molecule has 0 spiro atoms. The molecule has 0 aliphatic heterocycles. The molecule has 0 aromatic rings. The van der Waals surface area contributed by atoms with Crippen LogP contribution in [-0.2, 0) is 28.6 Å². The van der Waals surface area contributed by atoms with Gasteiger partial charge in [-0.15, -0.1) is 0 Å². The first kappa shape index (κ1) is 76.6. The molecule has 1 atom stereocenters. The lowest BCUT2D eigenvalue weighted by atomic mass is 10.0. The Labute approximate surface area is 493 Å². The molecule has 0 aromatic heterocycles. The van der Waals surface area contributed by atoms with Crippen LogP contribution in [0.3, 0.4) is 0 Å². The van der Waals surface area contributed by atoms with Gasteiger partial charge in [0.15, 0.2) is 6.10 Å². The SMILES string of the molecule is CCCCC/C=C\CCCCCCCC(=O)OCC(COC(=O)CCCCCCCCCCCCCCCCCCCCC/C=C\C/C=C\CCCCCCC)OC(=O)CCCCCCCCCCCCCCCCCCCC. The number of hydrogen-bond donors (Lipinski definition) is 0. The van der Waals surface area contributed by atoms with Gasteiger partial charge < -0.3 is 14.2 Å². The highest BCUT2D eigenvalue weighted by Crippen LogP contribution is 2.18. The summed E-state index contributed by atoms with van der Waals surface area (Å²) >= 11 is 0. The predicted octanol–water partition coefficient (Wildman–Crippen LogP) is 24.3. The van der Waals surface area contributed by atoms with E-state index in [-0.39, 0.29) is 31.1 Å². The zero-order valence-electron chi connectivity index (χ0n) is 53.4. The summed E-state index contributed by atoms with van der Waals surface area (Å²) in [6, 6.07) is 0. The Morgan fingerprint density at radius 2 is 0.456 bits per heavy atom. The van der Waals surface area contributed by atoms with E-state index >= 15 is 0 Å². The lowest BCUT2D eigenvalue weighted by Gasteiger charge is -2.18. The van der Waals surface area contributed by atoms with Crippen molar-refractivity contribution in [3.63, 3.8) is 0 Å². The number of rotatable bonds is 66. The molecule has 0 fully saturated rings. The largest absolute Gasteiger partial charge is 0.462 e. The molecule has 79 heavy (non-hydrogen) atoms. The Bertz CT molecular complexity index is 1320. The summed E-state index contributed by atoms with van der Waals surface area (Å²) in [5.41, 5.74) is 0. The van der Waals surface area contributed by atoms with Gasteiger partial charge >= 0.3 is 17.9 Å². The molecule has 0 N–H and O–H groups in total. The number of ether oxygens (including phenoxy) is 3. The van der Waals surface area contributed by atoms with Crippen molar-refractivity contribution in [1.29, 1.82) is 0 Å². The topological polar surface area (TPSA) is 78.9 Å². The van der Waals surface area contributed by atoms with Crippen molar-refractivity contribution in [3.05, 3.63) is 36.5 Å². The monoisotopic (exact) mass is 1110 g/mol. The lowest BCUT2D eigenvalue weighted by molar-refractivity contribution is -0.167. The second kappa shape index (κ2) is 68.1. The number of esters is 3. The van der Waals surface area contributed by atoms with Gasteiger partial charge in [-0.3, -0.25) is 14.4 Å². The molecule has 6 nitrogen and oxygen atoms in total. The van der Waals surface area contributed by atoms with Crippen LogP contribution in [0.1, 0.15) is 393 Å². The second-order valence-corrected chi connectivity index (χ2v) is 24.1. The van der Waals surface area contributed by atoms with E-state index in [9.17, 15) is 14.4 Å². The van der Waals surface area contributed by atoms with Crippen molar-refractivity contribution >= 4 is 17.9 Å². The molecule has 1 unspecified atom stereocenters. The average molecular weight is 1110 g/mol. The zero-order valence-corrected chi connectivity index (χ0v) is 53.4. The molecule has 0 saturated carbocycles. The van der Waals surface area contributed by atoms with Crippen LogP contribution in [-0.4, -0.2) is 37.2 Å². The van der Waals surface area contributed by atoms with Gasteiger partial charge in [-0.2, -0.15) is 0 Å². The van der Waals surface area contributed by atoms with Crippen LogP contribution < -0.4 is 0 Å². The fraction of sp³-hybridized carbons (Fsp3) is 0.877. The number of unbranched alkanes of at least 4 members (excludes halogenated alkanes) is 49. The number of carbonyl (C=O) groups is 3. The van der Waals surface area contributed by atoms with Crippen molar-refractivity contribution in [2.45, 2.75) is 399 Å². The van der Waals surface area contributed by atoms with Crippen LogP contribution >= 0.6 is 0 Å². The lowest BCUT2D eigenvalue weighted by Crippen LogP contribution is -2.30. The Hall–Kier alpha value is -2.37. The molecule has 0 heterocycles. The van der Waals surface area contributed by atoms with Crippen LogP contribution in [0.25, 0.3) is 0 Å². The Morgan fingerprint density at radius 1 is 0.253 bits per heavy atom.